The summed E-state index contributed by atoms with van der Waals surface area (Å²) in [6, 6.07) is 24.9. The van der Waals surface area contributed by atoms with Crippen molar-refractivity contribution in [2.75, 3.05) is 18.5 Å². The fourth-order valence-electron chi connectivity index (χ4n) is 2.79. The van der Waals surface area contributed by atoms with E-state index in [4.69, 9.17) is 9.47 Å². The highest BCUT2D eigenvalue weighted by Gasteiger charge is 2.11. The van der Waals surface area contributed by atoms with Gasteiger partial charge in [-0.15, -0.1) is 0 Å². The monoisotopic (exact) mass is 418 g/mol. The molecule has 0 spiro atoms. The first-order valence-corrected chi connectivity index (χ1v) is 10.1. The Hall–Kier alpha value is -3.71. The van der Waals surface area contributed by atoms with Crippen LogP contribution in [0, 0.1) is 0 Å². The number of nitrogens with zero attached hydrogens (tertiary/aromatic N) is 1. The van der Waals surface area contributed by atoms with Crippen LogP contribution in [-0.2, 0) is 14.3 Å². The first kappa shape index (κ1) is 19.6. The Morgan fingerprint density at radius 2 is 1.53 bits per heavy atom. The number of esters is 1. The van der Waals surface area contributed by atoms with Gasteiger partial charge in [0, 0.05) is 0 Å². The standard InChI is InChI=1S/C23H18N2O4S/c26-21(25-23-24-19-8-4-5-9-20(19)30-23)14-29-22(27)15-28-18-12-10-17(11-13-18)16-6-2-1-3-7-16/h1-13H,14-15H2,(H,24,25,26). The van der Waals surface area contributed by atoms with Crippen molar-refractivity contribution in [2.45, 2.75) is 0 Å². The Morgan fingerprint density at radius 1 is 0.833 bits per heavy atom. The van der Waals surface area contributed by atoms with Gasteiger partial charge in [0.2, 0.25) is 0 Å². The maximum Gasteiger partial charge on any atom is 0.344 e. The van der Waals surface area contributed by atoms with Crippen LogP contribution in [0.4, 0.5) is 5.13 Å². The van der Waals surface area contributed by atoms with Crippen LogP contribution in [-0.4, -0.2) is 30.1 Å². The molecule has 150 valence electrons. The molecule has 0 aliphatic carbocycles. The van der Waals surface area contributed by atoms with Crippen LogP contribution in [0.5, 0.6) is 5.75 Å². The highest BCUT2D eigenvalue weighted by atomic mass is 32.1. The van der Waals surface area contributed by atoms with Gasteiger partial charge in [-0.2, -0.15) is 0 Å². The summed E-state index contributed by atoms with van der Waals surface area (Å²) in [5.41, 5.74) is 2.96. The highest BCUT2D eigenvalue weighted by molar-refractivity contribution is 7.22. The molecule has 0 atom stereocenters. The predicted octanol–water partition coefficient (Wildman–Crippen LogP) is 4.52. The topological polar surface area (TPSA) is 77.5 Å². The van der Waals surface area contributed by atoms with Crippen molar-refractivity contribution in [3.63, 3.8) is 0 Å². The van der Waals surface area contributed by atoms with E-state index in [1.54, 1.807) is 12.1 Å². The molecule has 4 rings (SSSR count). The Kier molecular flexibility index (Phi) is 6.01. The van der Waals surface area contributed by atoms with Crippen LogP contribution in [0.15, 0.2) is 78.9 Å². The molecule has 0 radical (unpaired) electrons. The lowest BCUT2D eigenvalue weighted by molar-refractivity contribution is -0.149. The number of carbonyl (C=O) groups excluding carboxylic acids is 2. The van der Waals surface area contributed by atoms with E-state index >= 15 is 0 Å². The van der Waals surface area contributed by atoms with Gasteiger partial charge in [0.05, 0.1) is 10.2 Å². The van der Waals surface area contributed by atoms with E-state index in [1.165, 1.54) is 11.3 Å². The second-order valence-electron chi connectivity index (χ2n) is 6.37. The molecule has 0 aliphatic rings. The number of aromatic nitrogens is 1. The van der Waals surface area contributed by atoms with E-state index in [9.17, 15) is 9.59 Å². The average molecular weight is 418 g/mol. The van der Waals surface area contributed by atoms with Gasteiger partial charge in [0.1, 0.15) is 5.75 Å². The third kappa shape index (κ3) is 5.01. The zero-order chi connectivity index (χ0) is 20.8. The fraction of sp³-hybridized carbons (Fsp3) is 0.0870. The number of anilines is 1. The third-order valence-corrected chi connectivity index (χ3v) is 5.17. The number of benzene rings is 3. The smallest absolute Gasteiger partial charge is 0.344 e. The number of hydrogen-bond donors (Lipinski definition) is 1. The van der Waals surface area contributed by atoms with E-state index in [-0.39, 0.29) is 6.61 Å². The van der Waals surface area contributed by atoms with E-state index in [0.717, 1.165) is 21.3 Å². The maximum absolute atomic E-state index is 12.0. The van der Waals surface area contributed by atoms with Crippen molar-refractivity contribution >= 4 is 38.6 Å². The van der Waals surface area contributed by atoms with E-state index in [1.807, 2.05) is 66.7 Å². The zero-order valence-corrected chi connectivity index (χ0v) is 16.7. The Balaban J connectivity index is 1.22. The molecule has 7 heteroatoms. The molecule has 4 aromatic rings. The molecular weight excluding hydrogens is 400 g/mol. The van der Waals surface area contributed by atoms with Crippen molar-refractivity contribution < 1.29 is 19.1 Å². The number of para-hydroxylation sites is 1. The van der Waals surface area contributed by atoms with Crippen LogP contribution in [0.2, 0.25) is 0 Å². The molecule has 0 bridgehead atoms. The number of thiazole rings is 1. The van der Waals surface area contributed by atoms with Gasteiger partial charge >= 0.3 is 5.97 Å². The molecule has 3 aromatic carbocycles. The average Bonchev–Trinajstić information content (AvgIpc) is 3.19. The van der Waals surface area contributed by atoms with E-state index in [2.05, 4.69) is 10.3 Å². The second-order valence-corrected chi connectivity index (χ2v) is 7.41. The molecule has 0 saturated carbocycles. The lowest BCUT2D eigenvalue weighted by Crippen LogP contribution is -2.23. The van der Waals surface area contributed by atoms with Crippen LogP contribution < -0.4 is 10.1 Å². The summed E-state index contributed by atoms with van der Waals surface area (Å²) < 4.78 is 11.4. The minimum Gasteiger partial charge on any atom is -0.482 e. The minimum absolute atomic E-state index is 0.279. The number of ether oxygens (including phenoxy) is 2. The van der Waals surface area contributed by atoms with Gasteiger partial charge in [-0.05, 0) is 35.4 Å². The molecule has 0 unspecified atom stereocenters. The molecule has 0 fully saturated rings. The van der Waals surface area contributed by atoms with Crippen molar-refractivity contribution in [1.29, 1.82) is 0 Å². The Labute approximate surface area is 177 Å². The van der Waals surface area contributed by atoms with Crippen LogP contribution in [0.3, 0.4) is 0 Å². The predicted molar refractivity (Wildman–Crippen MR) is 117 cm³/mol. The molecule has 1 amide bonds. The molecule has 1 aromatic heterocycles. The largest absolute Gasteiger partial charge is 0.482 e. The molecule has 6 nitrogen and oxygen atoms in total. The Bertz CT molecular complexity index is 1120. The summed E-state index contributed by atoms with van der Waals surface area (Å²) in [4.78, 5) is 28.1. The van der Waals surface area contributed by atoms with Crippen LogP contribution in [0.1, 0.15) is 0 Å². The molecule has 30 heavy (non-hydrogen) atoms. The van der Waals surface area contributed by atoms with E-state index in [0.29, 0.717) is 10.9 Å². The van der Waals surface area contributed by atoms with Crippen molar-refractivity contribution in [2.24, 2.45) is 0 Å². The summed E-state index contributed by atoms with van der Waals surface area (Å²) in [5, 5.41) is 3.10. The maximum atomic E-state index is 12.0. The third-order valence-electron chi connectivity index (χ3n) is 4.22. The molecule has 0 aliphatic heterocycles. The van der Waals surface area contributed by atoms with E-state index < -0.39 is 18.5 Å². The number of rotatable bonds is 7. The summed E-state index contributed by atoms with van der Waals surface area (Å²) >= 11 is 1.36. The van der Waals surface area contributed by atoms with Gasteiger partial charge < -0.3 is 9.47 Å². The van der Waals surface area contributed by atoms with Gasteiger partial charge in [-0.25, -0.2) is 9.78 Å². The van der Waals surface area contributed by atoms with Gasteiger partial charge in [0.25, 0.3) is 5.91 Å². The lowest BCUT2D eigenvalue weighted by Gasteiger charge is -2.08. The quantitative estimate of drug-likeness (QED) is 0.447. The SMILES string of the molecule is O=C(COC(=O)COc1ccc(-c2ccccc2)cc1)Nc1nc2ccccc2s1. The highest BCUT2D eigenvalue weighted by Crippen LogP contribution is 2.25. The Morgan fingerprint density at radius 3 is 2.30 bits per heavy atom. The lowest BCUT2D eigenvalue weighted by atomic mass is 10.1. The molecule has 0 saturated heterocycles. The number of carbonyl (C=O) groups is 2. The van der Waals surface area contributed by atoms with Crippen molar-refractivity contribution in [3.8, 4) is 16.9 Å². The molecular formula is C23H18N2O4S. The summed E-state index contributed by atoms with van der Waals surface area (Å²) in [6.07, 6.45) is 0. The summed E-state index contributed by atoms with van der Waals surface area (Å²) in [7, 11) is 0. The van der Waals surface area contributed by atoms with Gasteiger partial charge in [-0.1, -0.05) is 65.9 Å². The summed E-state index contributed by atoms with van der Waals surface area (Å²) in [6.45, 7) is -0.676. The van der Waals surface area contributed by atoms with Crippen LogP contribution in [0.25, 0.3) is 21.3 Å². The second kappa shape index (κ2) is 9.19. The number of amides is 1. The van der Waals surface area contributed by atoms with Crippen molar-refractivity contribution in [3.05, 3.63) is 78.9 Å². The van der Waals surface area contributed by atoms with Crippen molar-refractivity contribution in [1.82, 2.24) is 4.98 Å². The molecule has 1 N–H and O–H groups in total. The zero-order valence-electron chi connectivity index (χ0n) is 15.9. The fourth-order valence-corrected chi connectivity index (χ4v) is 3.67. The van der Waals surface area contributed by atoms with Crippen LogP contribution >= 0.6 is 11.3 Å². The minimum atomic E-state index is -0.624. The number of hydrogen-bond acceptors (Lipinski definition) is 6. The van der Waals surface area contributed by atoms with Gasteiger partial charge in [-0.3, -0.25) is 10.1 Å². The summed E-state index contributed by atoms with van der Waals surface area (Å²) in [5.74, 6) is -0.526. The number of nitrogens with one attached hydrogen (secondary N) is 1. The first-order chi connectivity index (χ1) is 14.7. The first-order valence-electron chi connectivity index (χ1n) is 9.27. The molecule has 1 heterocycles. The van der Waals surface area contributed by atoms with Gasteiger partial charge in [0.15, 0.2) is 18.3 Å². The normalized spacial score (nSPS) is 10.5. The number of fused-ring (bicyclic) bond motifs is 1.